The molecule has 3 heterocycles. The summed E-state index contributed by atoms with van der Waals surface area (Å²) < 4.78 is 4.58. The number of carbonyl (C=O) groups is 2. The SMILES string of the molecule is CC1=CSC(C)N1C1=C(C(=O)OS)N2C(=O)[C@@H]([C@@H](C)O)C2C1. The van der Waals surface area contributed by atoms with Gasteiger partial charge in [0.15, 0.2) is 5.70 Å². The number of aliphatic hydroxyl groups is 1. The average molecular weight is 342 g/mol. The van der Waals surface area contributed by atoms with Gasteiger partial charge in [-0.2, -0.15) is 0 Å². The van der Waals surface area contributed by atoms with Crippen LogP contribution in [0.4, 0.5) is 0 Å². The molecule has 0 bridgehead atoms. The van der Waals surface area contributed by atoms with Crippen LogP contribution in [0, 0.1) is 5.92 Å². The largest absolute Gasteiger partial charge is 0.393 e. The lowest BCUT2D eigenvalue weighted by Gasteiger charge is -2.44. The number of carbonyl (C=O) groups excluding carboxylic acids is 2. The summed E-state index contributed by atoms with van der Waals surface area (Å²) >= 11 is 5.25. The second-order valence-corrected chi connectivity index (χ2v) is 7.16. The quantitative estimate of drug-likeness (QED) is 0.460. The van der Waals surface area contributed by atoms with E-state index in [1.165, 1.54) is 4.90 Å². The number of fused-ring (bicyclic) bond motifs is 1. The molecule has 3 rings (SSSR count). The number of allylic oxidation sites excluding steroid dienone is 1. The number of rotatable bonds is 3. The first kappa shape index (κ1) is 15.8. The molecule has 3 aliphatic rings. The topological polar surface area (TPSA) is 70.1 Å². The van der Waals surface area contributed by atoms with Gasteiger partial charge in [-0.05, 0) is 26.2 Å². The van der Waals surface area contributed by atoms with E-state index < -0.39 is 18.0 Å². The van der Waals surface area contributed by atoms with Gasteiger partial charge in [-0.3, -0.25) is 9.69 Å². The molecule has 3 aliphatic heterocycles. The lowest BCUT2D eigenvalue weighted by atomic mass is 9.83. The summed E-state index contributed by atoms with van der Waals surface area (Å²) in [5.41, 5.74) is 2.05. The van der Waals surface area contributed by atoms with Crippen molar-refractivity contribution >= 4 is 36.5 Å². The maximum Gasteiger partial charge on any atom is 0.368 e. The molecule has 1 N–H and O–H groups in total. The van der Waals surface area contributed by atoms with Crippen molar-refractivity contribution in [1.29, 1.82) is 0 Å². The summed E-state index contributed by atoms with van der Waals surface area (Å²) in [5.74, 6) is -1.32. The molecule has 120 valence electrons. The van der Waals surface area contributed by atoms with Crippen LogP contribution in [0.25, 0.3) is 0 Å². The molecular weight excluding hydrogens is 324 g/mol. The maximum absolute atomic E-state index is 12.3. The molecule has 0 aromatic heterocycles. The molecule has 0 aromatic carbocycles. The zero-order valence-corrected chi connectivity index (χ0v) is 14.2. The number of hydrogen-bond donors (Lipinski definition) is 2. The van der Waals surface area contributed by atoms with Gasteiger partial charge in [-0.15, -0.1) is 11.8 Å². The van der Waals surface area contributed by atoms with E-state index in [-0.39, 0.29) is 23.0 Å². The fourth-order valence-corrected chi connectivity index (χ4v) is 4.54. The maximum atomic E-state index is 12.3. The molecule has 0 saturated carbocycles. The summed E-state index contributed by atoms with van der Waals surface area (Å²) in [7, 11) is 0. The zero-order valence-electron chi connectivity index (χ0n) is 12.5. The van der Waals surface area contributed by atoms with Crippen LogP contribution in [-0.4, -0.2) is 44.3 Å². The van der Waals surface area contributed by atoms with Gasteiger partial charge in [0.1, 0.15) is 0 Å². The minimum Gasteiger partial charge on any atom is -0.393 e. The first-order valence-electron chi connectivity index (χ1n) is 7.10. The Morgan fingerprint density at radius 3 is 2.73 bits per heavy atom. The van der Waals surface area contributed by atoms with Crippen molar-refractivity contribution in [1.82, 2.24) is 9.80 Å². The third kappa shape index (κ3) is 2.08. The third-order valence-corrected chi connectivity index (χ3v) is 5.70. The van der Waals surface area contributed by atoms with Crippen LogP contribution in [-0.2, 0) is 13.8 Å². The van der Waals surface area contributed by atoms with Crippen molar-refractivity contribution in [3.05, 3.63) is 22.5 Å². The van der Waals surface area contributed by atoms with Crippen LogP contribution in [0.2, 0.25) is 0 Å². The molecule has 1 fully saturated rings. The van der Waals surface area contributed by atoms with Crippen LogP contribution >= 0.6 is 24.7 Å². The van der Waals surface area contributed by atoms with E-state index in [0.717, 1.165) is 11.4 Å². The van der Waals surface area contributed by atoms with Crippen molar-refractivity contribution in [3.8, 4) is 0 Å². The highest BCUT2D eigenvalue weighted by Gasteiger charge is 2.58. The Morgan fingerprint density at radius 1 is 1.55 bits per heavy atom. The normalized spacial score (nSPS) is 32.0. The fourth-order valence-electron chi connectivity index (χ4n) is 3.53. The van der Waals surface area contributed by atoms with Gasteiger partial charge in [0.25, 0.3) is 0 Å². The van der Waals surface area contributed by atoms with E-state index >= 15 is 0 Å². The van der Waals surface area contributed by atoms with E-state index in [1.807, 2.05) is 19.3 Å². The molecule has 6 nitrogen and oxygen atoms in total. The summed E-state index contributed by atoms with van der Waals surface area (Å²) in [6.07, 6.45) is -0.196. The first-order valence-corrected chi connectivity index (χ1v) is 8.40. The Balaban J connectivity index is 2.00. The van der Waals surface area contributed by atoms with Crippen LogP contribution < -0.4 is 0 Å². The van der Waals surface area contributed by atoms with Crippen LogP contribution in [0.15, 0.2) is 22.5 Å². The highest BCUT2D eigenvalue weighted by molar-refractivity contribution is 8.02. The van der Waals surface area contributed by atoms with Gasteiger partial charge in [-0.25, -0.2) is 4.79 Å². The zero-order chi connectivity index (χ0) is 16.2. The predicted octanol–water partition coefficient (Wildman–Crippen LogP) is 1.45. The van der Waals surface area contributed by atoms with Crippen molar-refractivity contribution < 1.29 is 18.9 Å². The molecule has 2 unspecified atom stereocenters. The number of aliphatic hydroxyl groups excluding tert-OH is 1. The van der Waals surface area contributed by atoms with Crippen molar-refractivity contribution in [2.45, 2.75) is 44.7 Å². The van der Waals surface area contributed by atoms with E-state index in [1.54, 1.807) is 18.7 Å². The second kappa shape index (κ2) is 5.50. The number of nitrogens with zero attached hydrogens (tertiary/aromatic N) is 2. The van der Waals surface area contributed by atoms with Crippen LogP contribution in [0.3, 0.4) is 0 Å². The number of thioether (sulfide) groups is 1. The van der Waals surface area contributed by atoms with Gasteiger partial charge >= 0.3 is 5.97 Å². The van der Waals surface area contributed by atoms with Gasteiger partial charge < -0.3 is 14.2 Å². The van der Waals surface area contributed by atoms with Crippen LogP contribution in [0.5, 0.6) is 0 Å². The molecule has 22 heavy (non-hydrogen) atoms. The van der Waals surface area contributed by atoms with Gasteiger partial charge in [-0.1, -0.05) is 0 Å². The summed E-state index contributed by atoms with van der Waals surface area (Å²) in [6.45, 7) is 5.61. The number of hydrogen-bond acceptors (Lipinski definition) is 7. The lowest BCUT2D eigenvalue weighted by molar-refractivity contribution is -0.160. The third-order valence-electron chi connectivity index (χ3n) is 4.45. The Labute approximate surface area is 138 Å². The molecule has 8 heteroatoms. The highest BCUT2D eigenvalue weighted by atomic mass is 32.2. The van der Waals surface area contributed by atoms with E-state index in [0.29, 0.717) is 6.42 Å². The molecule has 1 saturated heterocycles. The smallest absolute Gasteiger partial charge is 0.368 e. The Morgan fingerprint density at radius 2 is 2.23 bits per heavy atom. The summed E-state index contributed by atoms with van der Waals surface area (Å²) in [5, 5.41) is 12.0. The molecule has 1 amide bonds. The van der Waals surface area contributed by atoms with E-state index in [9.17, 15) is 14.7 Å². The van der Waals surface area contributed by atoms with E-state index in [4.69, 9.17) is 0 Å². The van der Waals surface area contributed by atoms with E-state index in [2.05, 4.69) is 22.0 Å². The Hall–Kier alpha value is -1.12. The number of amides is 1. The summed E-state index contributed by atoms with van der Waals surface area (Å²) in [4.78, 5) is 27.9. The average Bonchev–Trinajstić information content (AvgIpc) is 2.95. The number of β-lactam (4-membered cyclic amide) rings is 1. The van der Waals surface area contributed by atoms with Crippen molar-refractivity contribution in [3.63, 3.8) is 0 Å². The predicted molar refractivity (Wildman–Crippen MR) is 85.2 cm³/mol. The minimum absolute atomic E-state index is 0.150. The molecule has 0 radical (unpaired) electrons. The molecular formula is C14H18N2O4S2. The van der Waals surface area contributed by atoms with Gasteiger partial charge in [0, 0.05) is 25.0 Å². The van der Waals surface area contributed by atoms with Gasteiger partial charge in [0.05, 0.1) is 29.1 Å². The standard InChI is InChI=1S/C14H18N2O4S2/c1-6-5-22-8(3)15(6)10-4-9-11(7(2)17)13(18)16(9)12(10)14(19)20-21/h5,7-9,11,17,21H,4H2,1-3H3/t7-,8?,9?,11+/m1/s1. The molecule has 4 atom stereocenters. The fraction of sp³-hybridized carbons (Fsp3) is 0.571. The second-order valence-electron chi connectivity index (χ2n) is 5.78. The summed E-state index contributed by atoms with van der Waals surface area (Å²) in [6, 6.07) is -0.185. The monoisotopic (exact) mass is 342 g/mol. The Kier molecular flexibility index (Phi) is 3.94. The lowest BCUT2D eigenvalue weighted by Crippen LogP contribution is -2.61. The van der Waals surface area contributed by atoms with Crippen molar-refractivity contribution in [2.75, 3.05) is 0 Å². The van der Waals surface area contributed by atoms with Gasteiger partial charge in [0.2, 0.25) is 5.91 Å². The van der Waals surface area contributed by atoms with Crippen molar-refractivity contribution in [2.24, 2.45) is 5.92 Å². The minimum atomic E-state index is -0.733. The molecule has 0 aromatic rings. The van der Waals surface area contributed by atoms with Crippen LogP contribution in [0.1, 0.15) is 27.2 Å². The highest BCUT2D eigenvalue weighted by Crippen LogP contribution is 2.48. The first-order chi connectivity index (χ1) is 10.4. The Bertz CT molecular complexity index is 602. The molecule has 0 aliphatic carbocycles. The molecule has 0 spiro atoms. The number of thiol groups is 1.